The summed E-state index contributed by atoms with van der Waals surface area (Å²) >= 11 is 5.05. The number of esters is 1. The molecule has 0 aromatic heterocycles. The van der Waals surface area contributed by atoms with Gasteiger partial charge in [-0.3, -0.25) is 4.79 Å². The molecule has 0 aliphatic carbocycles. The standard InChI is InChI=1S/C13H14N2O4S/c1-6-10(12(18)19-2)11(15-13(20)14-6)7-3-4-8(16)9(17)5-7/h3-5,10-11,16-17H,1H2,2H3,(H2,14,15,20)/t10-,11+/m0/s1. The highest BCUT2D eigenvalue weighted by Gasteiger charge is 2.37. The van der Waals surface area contributed by atoms with Crippen molar-refractivity contribution in [3.8, 4) is 11.5 Å². The lowest BCUT2D eigenvalue weighted by molar-refractivity contribution is -0.145. The molecule has 1 saturated heterocycles. The van der Waals surface area contributed by atoms with Gasteiger partial charge in [-0.25, -0.2) is 0 Å². The molecule has 6 nitrogen and oxygen atoms in total. The number of ether oxygens (including phenoxy) is 1. The second-order valence-corrected chi connectivity index (χ2v) is 4.76. The molecular weight excluding hydrogens is 280 g/mol. The van der Waals surface area contributed by atoms with E-state index in [1.54, 1.807) is 6.07 Å². The van der Waals surface area contributed by atoms with Crippen LogP contribution < -0.4 is 10.6 Å². The number of methoxy groups -OCH3 is 1. The lowest BCUT2D eigenvalue weighted by Gasteiger charge is -2.34. The number of hydrogen-bond acceptors (Lipinski definition) is 5. The van der Waals surface area contributed by atoms with E-state index in [0.29, 0.717) is 16.4 Å². The second-order valence-electron chi connectivity index (χ2n) is 4.35. The summed E-state index contributed by atoms with van der Waals surface area (Å²) in [6.45, 7) is 3.78. The maximum atomic E-state index is 11.9. The van der Waals surface area contributed by atoms with Gasteiger partial charge < -0.3 is 25.6 Å². The zero-order valence-corrected chi connectivity index (χ0v) is 11.5. The fourth-order valence-electron chi connectivity index (χ4n) is 2.10. The normalized spacial score (nSPS) is 21.9. The third-order valence-electron chi connectivity index (χ3n) is 3.08. The van der Waals surface area contributed by atoms with Gasteiger partial charge in [-0.15, -0.1) is 0 Å². The highest BCUT2D eigenvalue weighted by molar-refractivity contribution is 7.80. The molecule has 1 heterocycles. The van der Waals surface area contributed by atoms with Crippen LogP contribution in [0.4, 0.5) is 0 Å². The molecule has 0 radical (unpaired) electrons. The van der Waals surface area contributed by atoms with Crippen LogP contribution in [0.1, 0.15) is 11.6 Å². The SMILES string of the molecule is C=C1NC(=S)N[C@H](c2ccc(O)c(O)c2)[C@H]1C(=O)OC. The molecule has 106 valence electrons. The van der Waals surface area contributed by atoms with Crippen LogP contribution in [0, 0.1) is 5.92 Å². The number of rotatable bonds is 2. The number of nitrogens with one attached hydrogen (secondary N) is 2. The third-order valence-corrected chi connectivity index (χ3v) is 3.30. The van der Waals surface area contributed by atoms with Crippen LogP contribution in [-0.2, 0) is 9.53 Å². The van der Waals surface area contributed by atoms with Gasteiger partial charge in [0.2, 0.25) is 0 Å². The fraction of sp³-hybridized carbons (Fsp3) is 0.231. The zero-order chi connectivity index (χ0) is 14.9. The smallest absolute Gasteiger partial charge is 0.317 e. The number of phenolic OH excluding ortho intramolecular Hbond substituents is 2. The molecule has 1 fully saturated rings. The molecule has 1 aromatic carbocycles. The van der Waals surface area contributed by atoms with Gasteiger partial charge in [0.15, 0.2) is 16.6 Å². The Bertz CT molecular complexity index is 588. The zero-order valence-electron chi connectivity index (χ0n) is 10.7. The first kappa shape index (κ1) is 14.1. The molecular formula is C13H14N2O4S. The van der Waals surface area contributed by atoms with Gasteiger partial charge in [0.1, 0.15) is 5.92 Å². The average Bonchev–Trinajstić information content (AvgIpc) is 2.40. The Morgan fingerprint density at radius 2 is 2.10 bits per heavy atom. The molecule has 0 saturated carbocycles. The Balaban J connectivity index is 2.42. The molecule has 7 heteroatoms. The van der Waals surface area contributed by atoms with Crippen molar-refractivity contribution in [2.24, 2.45) is 5.92 Å². The van der Waals surface area contributed by atoms with Crippen LogP contribution in [0.15, 0.2) is 30.5 Å². The van der Waals surface area contributed by atoms with Crippen LogP contribution in [0.5, 0.6) is 11.5 Å². The highest BCUT2D eigenvalue weighted by atomic mass is 32.1. The lowest BCUT2D eigenvalue weighted by atomic mass is 9.89. The summed E-state index contributed by atoms with van der Waals surface area (Å²) in [6, 6.07) is 3.76. The molecule has 1 aliphatic rings. The van der Waals surface area contributed by atoms with E-state index in [0.717, 1.165) is 0 Å². The molecule has 2 rings (SSSR count). The van der Waals surface area contributed by atoms with E-state index < -0.39 is 17.9 Å². The molecule has 4 N–H and O–H groups in total. The fourth-order valence-corrected chi connectivity index (χ4v) is 2.36. The maximum Gasteiger partial charge on any atom is 0.317 e. The van der Waals surface area contributed by atoms with Crippen molar-refractivity contribution in [2.45, 2.75) is 6.04 Å². The largest absolute Gasteiger partial charge is 0.504 e. The van der Waals surface area contributed by atoms with Gasteiger partial charge in [-0.2, -0.15) is 0 Å². The monoisotopic (exact) mass is 294 g/mol. The number of thiocarbonyl (C=S) groups is 1. The van der Waals surface area contributed by atoms with E-state index in [1.807, 2.05) is 0 Å². The molecule has 0 bridgehead atoms. The Morgan fingerprint density at radius 3 is 2.70 bits per heavy atom. The number of phenols is 2. The predicted molar refractivity (Wildman–Crippen MR) is 76.0 cm³/mol. The van der Waals surface area contributed by atoms with Crippen molar-refractivity contribution in [2.75, 3.05) is 7.11 Å². The maximum absolute atomic E-state index is 11.9. The van der Waals surface area contributed by atoms with Crippen LogP contribution in [-0.4, -0.2) is 28.4 Å². The molecule has 0 spiro atoms. The van der Waals surface area contributed by atoms with Crippen molar-refractivity contribution in [1.29, 1.82) is 0 Å². The van der Waals surface area contributed by atoms with E-state index in [1.165, 1.54) is 19.2 Å². The van der Waals surface area contributed by atoms with Crippen molar-refractivity contribution in [3.05, 3.63) is 36.0 Å². The first-order valence-electron chi connectivity index (χ1n) is 5.80. The summed E-state index contributed by atoms with van der Waals surface area (Å²) in [7, 11) is 1.29. The minimum absolute atomic E-state index is 0.237. The van der Waals surface area contributed by atoms with Gasteiger partial charge in [0.05, 0.1) is 13.2 Å². The van der Waals surface area contributed by atoms with Gasteiger partial charge in [-0.05, 0) is 29.9 Å². The Labute approximate surface area is 121 Å². The summed E-state index contributed by atoms with van der Waals surface area (Å²) in [6.07, 6.45) is 0. The van der Waals surface area contributed by atoms with E-state index in [2.05, 4.69) is 17.2 Å². The average molecular weight is 294 g/mol. The van der Waals surface area contributed by atoms with E-state index in [9.17, 15) is 15.0 Å². The van der Waals surface area contributed by atoms with Gasteiger partial charge in [0, 0.05) is 5.70 Å². The van der Waals surface area contributed by atoms with Gasteiger partial charge >= 0.3 is 5.97 Å². The molecule has 0 unspecified atom stereocenters. The van der Waals surface area contributed by atoms with Crippen LogP contribution in [0.3, 0.4) is 0 Å². The molecule has 1 aliphatic heterocycles. The number of benzene rings is 1. The van der Waals surface area contributed by atoms with Crippen molar-refractivity contribution >= 4 is 23.3 Å². The number of hydrogen-bond donors (Lipinski definition) is 4. The minimum atomic E-state index is -0.698. The summed E-state index contributed by atoms with van der Waals surface area (Å²) in [4.78, 5) is 11.9. The minimum Gasteiger partial charge on any atom is -0.504 e. The molecule has 2 atom stereocenters. The Kier molecular flexibility index (Phi) is 3.80. The summed E-state index contributed by atoms with van der Waals surface area (Å²) < 4.78 is 4.77. The number of carbonyl (C=O) groups excluding carboxylic acids is 1. The van der Waals surface area contributed by atoms with Gasteiger partial charge in [-0.1, -0.05) is 12.6 Å². The molecule has 20 heavy (non-hydrogen) atoms. The van der Waals surface area contributed by atoms with Crippen molar-refractivity contribution in [3.63, 3.8) is 0 Å². The van der Waals surface area contributed by atoms with E-state index >= 15 is 0 Å². The highest BCUT2D eigenvalue weighted by Crippen LogP contribution is 2.34. The summed E-state index contributed by atoms with van der Waals surface area (Å²) in [5, 5.41) is 25.0. The topological polar surface area (TPSA) is 90.8 Å². The molecule has 1 aromatic rings. The Hall–Kier alpha value is -2.28. The first-order valence-corrected chi connectivity index (χ1v) is 6.21. The predicted octanol–water partition coefficient (Wildman–Crippen LogP) is 0.919. The number of aromatic hydroxyl groups is 2. The van der Waals surface area contributed by atoms with E-state index in [4.69, 9.17) is 17.0 Å². The third kappa shape index (κ3) is 2.53. The van der Waals surface area contributed by atoms with Crippen molar-refractivity contribution < 1.29 is 19.7 Å². The summed E-state index contributed by atoms with van der Waals surface area (Å²) in [5.41, 5.74) is 0.999. The van der Waals surface area contributed by atoms with E-state index in [-0.39, 0.29) is 11.5 Å². The van der Waals surface area contributed by atoms with Crippen molar-refractivity contribution in [1.82, 2.24) is 10.6 Å². The van der Waals surface area contributed by atoms with Crippen LogP contribution in [0.25, 0.3) is 0 Å². The lowest BCUT2D eigenvalue weighted by Crippen LogP contribution is -2.50. The summed E-state index contributed by atoms with van der Waals surface area (Å²) in [5.74, 6) is -1.69. The molecule has 0 amide bonds. The van der Waals surface area contributed by atoms with Crippen LogP contribution in [0.2, 0.25) is 0 Å². The van der Waals surface area contributed by atoms with Gasteiger partial charge in [0.25, 0.3) is 0 Å². The first-order chi connectivity index (χ1) is 9.43. The quantitative estimate of drug-likeness (QED) is 0.366. The van der Waals surface area contributed by atoms with Crippen LogP contribution >= 0.6 is 12.2 Å². The second kappa shape index (κ2) is 5.38. The Morgan fingerprint density at radius 1 is 1.40 bits per heavy atom. The number of carbonyl (C=O) groups is 1.